The lowest BCUT2D eigenvalue weighted by Gasteiger charge is -2.15. The van der Waals surface area contributed by atoms with Gasteiger partial charge in [-0.1, -0.05) is 24.3 Å². The Labute approximate surface area is 141 Å². The molecular weight excluding hydrogens is 306 g/mol. The van der Waals surface area contributed by atoms with E-state index in [9.17, 15) is 9.59 Å². The van der Waals surface area contributed by atoms with E-state index in [4.69, 9.17) is 9.84 Å². The first-order valence-electron chi connectivity index (χ1n) is 7.70. The van der Waals surface area contributed by atoms with Gasteiger partial charge in [0.2, 0.25) is 5.91 Å². The fourth-order valence-corrected chi connectivity index (χ4v) is 2.34. The highest BCUT2D eigenvalue weighted by atomic mass is 16.5. The molecule has 0 saturated heterocycles. The van der Waals surface area contributed by atoms with Gasteiger partial charge in [0.15, 0.2) is 0 Å². The van der Waals surface area contributed by atoms with Crippen LogP contribution in [0.4, 0.5) is 5.69 Å². The first-order chi connectivity index (χ1) is 11.4. The zero-order chi connectivity index (χ0) is 17.7. The fraction of sp³-hybridized carbons (Fsp3) is 0.263. The van der Waals surface area contributed by atoms with E-state index < -0.39 is 11.9 Å². The maximum atomic E-state index is 12.5. The average molecular weight is 327 g/mol. The van der Waals surface area contributed by atoms with Crippen LogP contribution in [0.15, 0.2) is 48.5 Å². The summed E-state index contributed by atoms with van der Waals surface area (Å²) in [6.45, 7) is 3.43. The van der Waals surface area contributed by atoms with Gasteiger partial charge in [-0.15, -0.1) is 0 Å². The van der Waals surface area contributed by atoms with Crippen molar-refractivity contribution in [3.05, 3.63) is 59.7 Å². The lowest BCUT2D eigenvalue weighted by atomic mass is 9.99. The van der Waals surface area contributed by atoms with Crippen LogP contribution in [0.2, 0.25) is 0 Å². The molecule has 2 N–H and O–H groups in total. The van der Waals surface area contributed by atoms with E-state index in [0.29, 0.717) is 17.0 Å². The minimum absolute atomic E-state index is 0.164. The number of hydrogen-bond acceptors (Lipinski definition) is 3. The molecule has 2 rings (SSSR count). The predicted molar refractivity (Wildman–Crippen MR) is 92.5 cm³/mol. The highest BCUT2D eigenvalue weighted by Gasteiger charge is 2.18. The van der Waals surface area contributed by atoms with E-state index in [0.717, 1.165) is 5.56 Å². The molecule has 24 heavy (non-hydrogen) atoms. The van der Waals surface area contributed by atoms with Crippen LogP contribution in [0.1, 0.15) is 36.8 Å². The minimum atomic E-state index is -0.900. The molecule has 0 bridgehead atoms. The molecule has 1 amide bonds. The molecule has 2 atom stereocenters. The van der Waals surface area contributed by atoms with E-state index in [1.807, 2.05) is 31.2 Å². The van der Waals surface area contributed by atoms with Crippen LogP contribution in [-0.4, -0.2) is 24.1 Å². The number of aliphatic carboxylic acids is 1. The van der Waals surface area contributed by atoms with Crippen LogP contribution >= 0.6 is 0 Å². The number of carbonyl (C=O) groups excluding carboxylic acids is 1. The van der Waals surface area contributed by atoms with Crippen molar-refractivity contribution in [2.75, 3.05) is 12.4 Å². The average Bonchev–Trinajstić information content (AvgIpc) is 2.60. The monoisotopic (exact) mass is 327 g/mol. The largest absolute Gasteiger partial charge is 0.497 e. The van der Waals surface area contributed by atoms with Gasteiger partial charge in [-0.3, -0.25) is 9.59 Å². The molecule has 5 nitrogen and oxygen atoms in total. The van der Waals surface area contributed by atoms with Crippen LogP contribution < -0.4 is 10.1 Å². The Balaban J connectivity index is 2.14. The number of carbonyl (C=O) groups is 2. The summed E-state index contributed by atoms with van der Waals surface area (Å²) in [4.78, 5) is 23.5. The van der Waals surface area contributed by atoms with Gasteiger partial charge in [-0.25, -0.2) is 0 Å². The normalized spacial score (nSPS) is 13.0. The summed E-state index contributed by atoms with van der Waals surface area (Å²) in [7, 11) is 1.58. The van der Waals surface area contributed by atoms with Crippen LogP contribution in [0.25, 0.3) is 0 Å². The molecular formula is C19H21NO4. The molecule has 0 aliphatic carbocycles. The van der Waals surface area contributed by atoms with Crippen molar-refractivity contribution in [1.29, 1.82) is 0 Å². The van der Waals surface area contributed by atoms with Crippen molar-refractivity contribution in [3.8, 4) is 5.75 Å². The summed E-state index contributed by atoms with van der Waals surface area (Å²) in [6.07, 6.45) is 0. The molecule has 0 heterocycles. The fourth-order valence-electron chi connectivity index (χ4n) is 2.34. The van der Waals surface area contributed by atoms with Gasteiger partial charge in [0.1, 0.15) is 5.75 Å². The van der Waals surface area contributed by atoms with E-state index in [-0.39, 0.29) is 11.8 Å². The molecule has 126 valence electrons. The molecule has 0 saturated carbocycles. The van der Waals surface area contributed by atoms with Crippen molar-refractivity contribution in [1.82, 2.24) is 0 Å². The van der Waals surface area contributed by atoms with Crippen LogP contribution in [0, 0.1) is 0 Å². The second-order valence-electron chi connectivity index (χ2n) is 5.67. The minimum Gasteiger partial charge on any atom is -0.497 e. The highest BCUT2D eigenvalue weighted by Crippen LogP contribution is 2.24. The summed E-state index contributed by atoms with van der Waals surface area (Å²) in [5.74, 6) is -1.35. The Morgan fingerprint density at radius 1 is 1.00 bits per heavy atom. The van der Waals surface area contributed by atoms with Crippen molar-refractivity contribution < 1.29 is 19.4 Å². The van der Waals surface area contributed by atoms with E-state index in [1.165, 1.54) is 0 Å². The molecule has 0 fully saturated rings. The second kappa shape index (κ2) is 7.64. The lowest BCUT2D eigenvalue weighted by molar-refractivity contribution is -0.138. The molecule has 2 aromatic carbocycles. The van der Waals surface area contributed by atoms with Gasteiger partial charge in [0.25, 0.3) is 0 Å². The zero-order valence-electron chi connectivity index (χ0n) is 13.9. The van der Waals surface area contributed by atoms with E-state index in [1.54, 1.807) is 38.3 Å². The number of anilines is 1. The topological polar surface area (TPSA) is 75.6 Å². The quantitative estimate of drug-likeness (QED) is 0.849. The third kappa shape index (κ3) is 4.13. The smallest absolute Gasteiger partial charge is 0.310 e. The number of nitrogens with one attached hydrogen (secondary N) is 1. The first-order valence-corrected chi connectivity index (χ1v) is 7.70. The Bertz CT molecular complexity index is 742. The van der Waals surface area contributed by atoms with E-state index in [2.05, 4.69) is 5.32 Å². The Morgan fingerprint density at radius 3 is 2.25 bits per heavy atom. The number of rotatable bonds is 6. The lowest BCUT2D eigenvalue weighted by Crippen LogP contribution is -2.19. The summed E-state index contributed by atoms with van der Waals surface area (Å²) >= 11 is 0. The summed E-state index contributed by atoms with van der Waals surface area (Å²) < 4.78 is 5.18. The van der Waals surface area contributed by atoms with Crippen molar-refractivity contribution >= 4 is 17.6 Å². The third-order valence-corrected chi connectivity index (χ3v) is 4.01. The molecule has 0 aliphatic heterocycles. The van der Waals surface area contributed by atoms with Gasteiger partial charge in [0.05, 0.1) is 18.9 Å². The summed E-state index contributed by atoms with van der Waals surface area (Å²) in [5, 5.41) is 11.9. The molecule has 5 heteroatoms. The first kappa shape index (κ1) is 17.5. The Kier molecular flexibility index (Phi) is 5.58. The Morgan fingerprint density at radius 2 is 1.62 bits per heavy atom. The molecule has 0 aromatic heterocycles. The van der Waals surface area contributed by atoms with Crippen LogP contribution in [-0.2, 0) is 9.59 Å². The highest BCUT2D eigenvalue weighted by molar-refractivity contribution is 5.95. The van der Waals surface area contributed by atoms with Gasteiger partial charge < -0.3 is 15.2 Å². The maximum absolute atomic E-state index is 12.5. The number of hydrogen-bond donors (Lipinski definition) is 2. The van der Waals surface area contributed by atoms with Gasteiger partial charge in [-0.2, -0.15) is 0 Å². The van der Waals surface area contributed by atoms with Gasteiger partial charge in [0, 0.05) is 5.69 Å². The number of benzene rings is 2. The van der Waals surface area contributed by atoms with Gasteiger partial charge >= 0.3 is 5.97 Å². The maximum Gasteiger partial charge on any atom is 0.310 e. The molecule has 0 radical (unpaired) electrons. The third-order valence-electron chi connectivity index (χ3n) is 4.01. The number of carboxylic acids is 1. The van der Waals surface area contributed by atoms with Crippen molar-refractivity contribution in [2.45, 2.75) is 25.7 Å². The van der Waals surface area contributed by atoms with Gasteiger partial charge in [-0.05, 0) is 49.2 Å². The number of methoxy groups -OCH3 is 1. The van der Waals surface area contributed by atoms with Crippen LogP contribution in [0.5, 0.6) is 5.75 Å². The zero-order valence-corrected chi connectivity index (χ0v) is 13.9. The molecule has 0 spiro atoms. The number of ether oxygens (including phenoxy) is 1. The molecule has 2 aromatic rings. The second-order valence-corrected chi connectivity index (χ2v) is 5.67. The number of amides is 1. The van der Waals surface area contributed by atoms with Crippen molar-refractivity contribution in [2.24, 2.45) is 0 Å². The summed E-state index contributed by atoms with van der Waals surface area (Å²) in [6, 6.07) is 14.3. The van der Waals surface area contributed by atoms with E-state index >= 15 is 0 Å². The van der Waals surface area contributed by atoms with Crippen molar-refractivity contribution in [3.63, 3.8) is 0 Å². The van der Waals surface area contributed by atoms with Crippen LogP contribution in [0.3, 0.4) is 0 Å². The molecule has 2 unspecified atom stereocenters. The SMILES string of the molecule is COc1cccc(C(C)C(=O)Nc2cccc(C(C)C(=O)O)c2)c1. The molecule has 0 aliphatic rings. The summed E-state index contributed by atoms with van der Waals surface area (Å²) in [5.41, 5.74) is 2.08. The predicted octanol–water partition coefficient (Wildman–Crippen LogP) is 3.63. The standard InChI is InChI=1S/C19H21NO4/c1-12(15-7-5-9-17(11-15)24-3)18(21)20-16-8-4-6-14(10-16)13(2)19(22)23/h4-13H,1-3H3,(H,20,21)(H,22,23). The Hall–Kier alpha value is -2.82. The number of carboxylic acid groups (broad SMARTS) is 1.